The first-order valence-electron chi connectivity index (χ1n) is 8.11. The number of aliphatic hydroxyl groups excluding tert-OH is 1. The second-order valence-corrected chi connectivity index (χ2v) is 6.50. The Kier molecular flexibility index (Phi) is 8.43. The summed E-state index contributed by atoms with van der Waals surface area (Å²) >= 11 is 0. The van der Waals surface area contributed by atoms with Gasteiger partial charge in [-0.2, -0.15) is 0 Å². The third-order valence-electron chi connectivity index (χ3n) is 3.17. The Morgan fingerprint density at radius 3 is 2.46 bits per heavy atom. The minimum Gasteiger partial charge on any atom is -0.459 e. The highest BCUT2D eigenvalue weighted by Crippen LogP contribution is 2.17. The van der Waals surface area contributed by atoms with Crippen LogP contribution in [0.15, 0.2) is 30.3 Å². The first-order valence-corrected chi connectivity index (χ1v) is 8.11. The number of hydroxylamine groups is 2. The van der Waals surface area contributed by atoms with E-state index in [1.54, 1.807) is 20.8 Å². The van der Waals surface area contributed by atoms with Crippen molar-refractivity contribution in [2.75, 3.05) is 6.61 Å². The minimum atomic E-state index is -0.836. The molecule has 0 saturated carbocycles. The van der Waals surface area contributed by atoms with Crippen LogP contribution in [-0.4, -0.2) is 40.8 Å². The van der Waals surface area contributed by atoms with Gasteiger partial charge in [0.2, 0.25) is 6.41 Å². The predicted molar refractivity (Wildman–Crippen MR) is 89.7 cm³/mol. The molecule has 6 nitrogen and oxygen atoms in total. The lowest BCUT2D eigenvalue weighted by Gasteiger charge is -2.31. The lowest BCUT2D eigenvalue weighted by atomic mass is 10.1. The lowest BCUT2D eigenvalue weighted by molar-refractivity contribution is -0.237. The van der Waals surface area contributed by atoms with Gasteiger partial charge in [-0.25, -0.2) is 9.86 Å². The van der Waals surface area contributed by atoms with E-state index in [0.717, 1.165) is 10.6 Å². The van der Waals surface area contributed by atoms with Gasteiger partial charge in [-0.3, -0.25) is 9.63 Å². The molecule has 0 fully saturated rings. The zero-order chi connectivity index (χ0) is 18.0. The van der Waals surface area contributed by atoms with Gasteiger partial charge < -0.3 is 9.84 Å². The number of benzene rings is 1. The molecule has 1 amide bonds. The van der Waals surface area contributed by atoms with Crippen molar-refractivity contribution in [2.45, 2.75) is 58.3 Å². The number of ether oxygens (including phenoxy) is 1. The number of hydrogen-bond acceptors (Lipinski definition) is 5. The third kappa shape index (κ3) is 7.57. The fourth-order valence-corrected chi connectivity index (χ4v) is 2.10. The van der Waals surface area contributed by atoms with Gasteiger partial charge in [0.1, 0.15) is 6.61 Å². The summed E-state index contributed by atoms with van der Waals surface area (Å²) in [5, 5.41) is 9.94. The third-order valence-corrected chi connectivity index (χ3v) is 3.17. The standard InChI is InChI=1S/C18H27NO5/c1-18(2,3)24-19(14-21)16(11-7-8-12-20)17(22)23-13-15-9-5-4-6-10-15/h4-6,9-10,14,16,20H,7-8,11-13H2,1-3H3/t16-/m0/s1. The van der Waals surface area contributed by atoms with Gasteiger partial charge in [-0.05, 0) is 45.6 Å². The topological polar surface area (TPSA) is 76.1 Å². The molecular weight excluding hydrogens is 310 g/mol. The van der Waals surface area contributed by atoms with Gasteiger partial charge >= 0.3 is 5.97 Å². The van der Waals surface area contributed by atoms with E-state index in [-0.39, 0.29) is 13.2 Å². The van der Waals surface area contributed by atoms with Crippen LogP contribution in [0.4, 0.5) is 0 Å². The maximum absolute atomic E-state index is 12.4. The van der Waals surface area contributed by atoms with Gasteiger partial charge in [0, 0.05) is 6.61 Å². The first-order chi connectivity index (χ1) is 11.4. The number of aliphatic hydroxyl groups is 1. The second-order valence-electron chi connectivity index (χ2n) is 6.50. The van der Waals surface area contributed by atoms with Gasteiger partial charge in [0.15, 0.2) is 6.04 Å². The van der Waals surface area contributed by atoms with Crippen molar-refractivity contribution in [1.29, 1.82) is 0 Å². The summed E-state index contributed by atoms with van der Waals surface area (Å²) in [5.41, 5.74) is 0.255. The molecule has 0 bridgehead atoms. The molecule has 0 aliphatic heterocycles. The van der Waals surface area contributed by atoms with Crippen LogP contribution in [0.3, 0.4) is 0 Å². The van der Waals surface area contributed by atoms with E-state index >= 15 is 0 Å². The van der Waals surface area contributed by atoms with E-state index in [4.69, 9.17) is 14.7 Å². The molecule has 0 aliphatic carbocycles. The Balaban J connectivity index is 2.74. The van der Waals surface area contributed by atoms with Crippen LogP contribution >= 0.6 is 0 Å². The maximum Gasteiger partial charge on any atom is 0.331 e. The summed E-state index contributed by atoms with van der Waals surface area (Å²) in [6.07, 6.45) is 1.99. The quantitative estimate of drug-likeness (QED) is 0.307. The zero-order valence-electron chi connectivity index (χ0n) is 14.6. The van der Waals surface area contributed by atoms with Crippen molar-refractivity contribution in [1.82, 2.24) is 5.06 Å². The van der Waals surface area contributed by atoms with Crippen molar-refractivity contribution in [2.24, 2.45) is 0 Å². The molecule has 6 heteroatoms. The van der Waals surface area contributed by atoms with E-state index < -0.39 is 17.6 Å². The molecule has 0 saturated heterocycles. The van der Waals surface area contributed by atoms with E-state index in [0.29, 0.717) is 25.7 Å². The molecule has 1 rings (SSSR count). The predicted octanol–water partition coefficient (Wildman–Crippen LogP) is 2.45. The molecule has 0 radical (unpaired) electrons. The summed E-state index contributed by atoms with van der Waals surface area (Å²) in [6, 6.07) is 8.49. The Labute approximate surface area is 143 Å². The summed E-state index contributed by atoms with van der Waals surface area (Å²) < 4.78 is 5.34. The number of amides is 1. The minimum absolute atomic E-state index is 0.0347. The highest BCUT2D eigenvalue weighted by molar-refractivity contribution is 5.77. The Hall–Kier alpha value is -1.92. The molecule has 1 aromatic carbocycles. The van der Waals surface area contributed by atoms with Gasteiger partial charge in [-0.15, -0.1) is 0 Å². The average molecular weight is 337 g/mol. The molecule has 24 heavy (non-hydrogen) atoms. The Bertz CT molecular complexity index is 498. The van der Waals surface area contributed by atoms with Crippen LogP contribution in [0.25, 0.3) is 0 Å². The van der Waals surface area contributed by atoms with E-state index in [1.165, 1.54) is 0 Å². The van der Waals surface area contributed by atoms with Crippen LogP contribution < -0.4 is 0 Å². The Morgan fingerprint density at radius 1 is 1.25 bits per heavy atom. The molecule has 0 spiro atoms. The lowest BCUT2D eigenvalue weighted by Crippen LogP contribution is -2.45. The largest absolute Gasteiger partial charge is 0.459 e. The van der Waals surface area contributed by atoms with E-state index in [2.05, 4.69) is 0 Å². The number of esters is 1. The highest BCUT2D eigenvalue weighted by Gasteiger charge is 2.30. The van der Waals surface area contributed by atoms with Crippen LogP contribution in [-0.2, 0) is 25.8 Å². The number of nitrogens with zero attached hydrogens (tertiary/aromatic N) is 1. The van der Waals surface area contributed by atoms with Crippen molar-refractivity contribution < 1.29 is 24.3 Å². The van der Waals surface area contributed by atoms with Crippen molar-refractivity contribution in [3.8, 4) is 0 Å². The van der Waals surface area contributed by atoms with E-state index in [9.17, 15) is 9.59 Å². The highest BCUT2D eigenvalue weighted by atomic mass is 16.7. The summed E-state index contributed by atoms with van der Waals surface area (Å²) in [5.74, 6) is -0.520. The monoisotopic (exact) mass is 337 g/mol. The van der Waals surface area contributed by atoms with Gasteiger partial charge in [0.05, 0.1) is 5.60 Å². The molecule has 0 unspecified atom stereocenters. The summed E-state index contributed by atoms with van der Waals surface area (Å²) in [4.78, 5) is 29.4. The molecule has 1 atom stereocenters. The number of rotatable bonds is 10. The number of carbonyl (C=O) groups excluding carboxylic acids is 2. The SMILES string of the molecule is CC(C)(C)ON(C=O)[C@@H](CCCCO)C(=O)OCc1ccccc1. The first kappa shape index (κ1) is 20.1. The van der Waals surface area contributed by atoms with Crippen LogP contribution in [0, 0.1) is 0 Å². The van der Waals surface area contributed by atoms with Gasteiger partial charge in [0.25, 0.3) is 0 Å². The van der Waals surface area contributed by atoms with Gasteiger partial charge in [-0.1, -0.05) is 30.3 Å². The van der Waals surface area contributed by atoms with Crippen LogP contribution in [0.1, 0.15) is 45.6 Å². The zero-order valence-corrected chi connectivity index (χ0v) is 14.6. The number of unbranched alkanes of at least 4 members (excludes halogenated alkanes) is 1. The number of hydrogen-bond donors (Lipinski definition) is 1. The smallest absolute Gasteiger partial charge is 0.331 e. The normalized spacial score (nSPS) is 12.5. The van der Waals surface area contributed by atoms with Crippen molar-refractivity contribution >= 4 is 12.4 Å². The fraction of sp³-hybridized carbons (Fsp3) is 0.556. The Morgan fingerprint density at radius 2 is 1.92 bits per heavy atom. The summed E-state index contributed by atoms with van der Waals surface area (Å²) in [6.45, 7) is 5.56. The molecule has 1 aromatic rings. The maximum atomic E-state index is 12.4. The van der Waals surface area contributed by atoms with Crippen molar-refractivity contribution in [3.05, 3.63) is 35.9 Å². The van der Waals surface area contributed by atoms with E-state index in [1.807, 2.05) is 30.3 Å². The van der Waals surface area contributed by atoms with Crippen LogP contribution in [0.2, 0.25) is 0 Å². The van der Waals surface area contributed by atoms with Crippen molar-refractivity contribution in [3.63, 3.8) is 0 Å². The molecule has 0 aliphatic rings. The summed E-state index contributed by atoms with van der Waals surface area (Å²) in [7, 11) is 0. The molecule has 1 N–H and O–H groups in total. The molecule has 0 aromatic heterocycles. The molecule has 0 heterocycles. The second kappa shape index (κ2) is 10.1. The molecular formula is C18H27NO5. The number of carbonyl (C=O) groups is 2. The average Bonchev–Trinajstić information content (AvgIpc) is 2.55. The molecule has 134 valence electrons. The van der Waals surface area contributed by atoms with Crippen LogP contribution in [0.5, 0.6) is 0 Å². The fourth-order valence-electron chi connectivity index (χ4n) is 2.10.